The molecule has 0 aliphatic heterocycles. The number of ether oxygens (including phenoxy) is 1. The molecule has 0 spiro atoms. The van der Waals surface area contributed by atoms with Crippen LogP contribution in [-0.2, 0) is 14.1 Å². The molecule has 1 amide bonds. The molecule has 0 saturated heterocycles. The van der Waals surface area contributed by atoms with Crippen molar-refractivity contribution in [3.05, 3.63) is 54.0 Å². The predicted molar refractivity (Wildman–Crippen MR) is 102 cm³/mol. The Bertz CT molecular complexity index is 918. The fourth-order valence-corrected chi connectivity index (χ4v) is 3.48. The lowest BCUT2D eigenvalue weighted by Crippen LogP contribution is -2.12. The molecule has 1 unspecified atom stereocenters. The van der Waals surface area contributed by atoms with Gasteiger partial charge in [-0.15, -0.1) is 5.10 Å². The van der Waals surface area contributed by atoms with Gasteiger partial charge in [-0.2, -0.15) is 0 Å². The number of methoxy groups -OCH3 is 1. The number of rotatable bonds is 6. The van der Waals surface area contributed by atoms with Crippen LogP contribution in [0.2, 0.25) is 0 Å². The van der Waals surface area contributed by atoms with E-state index in [1.807, 2.05) is 42.1 Å². The Morgan fingerprint density at radius 1 is 1.35 bits per heavy atom. The van der Waals surface area contributed by atoms with Gasteiger partial charge < -0.3 is 14.6 Å². The summed E-state index contributed by atoms with van der Waals surface area (Å²) >= 11 is 1.67. The van der Waals surface area contributed by atoms with Gasteiger partial charge in [-0.25, -0.2) is 4.98 Å². The Labute approximate surface area is 156 Å². The van der Waals surface area contributed by atoms with Crippen LogP contribution in [-0.4, -0.2) is 32.3 Å². The first-order valence-electron chi connectivity index (χ1n) is 8.11. The van der Waals surface area contributed by atoms with Crippen LogP contribution in [0, 0.1) is 0 Å². The minimum atomic E-state index is -0.253. The normalized spacial score (nSPS) is 12.0. The fraction of sp³-hybridized carbons (Fsp3) is 0.278. The molecular formula is C18H21N5O2S. The number of hydrogen-bond donors (Lipinski definition) is 1. The van der Waals surface area contributed by atoms with Gasteiger partial charge in [-0.1, -0.05) is 23.9 Å². The lowest BCUT2D eigenvalue weighted by molar-refractivity contribution is 0.102. The van der Waals surface area contributed by atoms with Crippen molar-refractivity contribution >= 4 is 23.4 Å². The van der Waals surface area contributed by atoms with Crippen molar-refractivity contribution in [3.63, 3.8) is 0 Å². The van der Waals surface area contributed by atoms with Crippen molar-refractivity contribution in [2.24, 2.45) is 14.1 Å². The van der Waals surface area contributed by atoms with E-state index in [2.05, 4.69) is 22.3 Å². The van der Waals surface area contributed by atoms with E-state index in [-0.39, 0.29) is 11.2 Å². The second kappa shape index (κ2) is 7.65. The lowest BCUT2D eigenvalue weighted by atomic mass is 10.1. The summed E-state index contributed by atoms with van der Waals surface area (Å²) < 4.78 is 8.69. The quantitative estimate of drug-likeness (QED) is 0.673. The number of nitrogens with zero attached hydrogens (tertiary/aromatic N) is 4. The third-order valence-corrected chi connectivity index (χ3v) is 5.14. The van der Waals surface area contributed by atoms with E-state index >= 15 is 0 Å². The zero-order valence-electron chi connectivity index (χ0n) is 15.1. The summed E-state index contributed by atoms with van der Waals surface area (Å²) in [6.45, 7) is 2.12. The van der Waals surface area contributed by atoms with E-state index in [1.165, 1.54) is 7.11 Å². The standard InChI is InChI=1S/C18H21N5O2S/c1-12(26-18-19-8-9-22(18)2)13-6-5-7-14(10-13)20-16(24)15-11-23(3)21-17(15)25-4/h5-12H,1-4H3,(H,20,24). The number of aromatic nitrogens is 4. The molecule has 0 radical (unpaired) electrons. The number of hydrogen-bond acceptors (Lipinski definition) is 5. The van der Waals surface area contributed by atoms with Crippen molar-refractivity contribution < 1.29 is 9.53 Å². The van der Waals surface area contributed by atoms with E-state index in [0.717, 1.165) is 16.4 Å². The van der Waals surface area contributed by atoms with Crippen LogP contribution in [0.1, 0.15) is 28.1 Å². The van der Waals surface area contributed by atoms with Crippen molar-refractivity contribution in [2.45, 2.75) is 17.3 Å². The lowest BCUT2D eigenvalue weighted by Gasteiger charge is -2.13. The summed E-state index contributed by atoms with van der Waals surface area (Å²) in [5, 5.41) is 8.16. The third-order valence-electron chi connectivity index (χ3n) is 3.91. The van der Waals surface area contributed by atoms with E-state index in [1.54, 1.807) is 35.9 Å². The number of aryl methyl sites for hydroxylation is 2. The largest absolute Gasteiger partial charge is 0.479 e. The molecule has 3 rings (SSSR count). The van der Waals surface area contributed by atoms with Crippen molar-refractivity contribution in [3.8, 4) is 5.88 Å². The van der Waals surface area contributed by atoms with Crippen LogP contribution in [0.4, 0.5) is 5.69 Å². The molecule has 136 valence electrons. The first-order valence-corrected chi connectivity index (χ1v) is 8.99. The molecule has 3 aromatic rings. The van der Waals surface area contributed by atoms with Gasteiger partial charge in [0.05, 0.1) is 7.11 Å². The minimum absolute atomic E-state index is 0.195. The van der Waals surface area contributed by atoms with Gasteiger partial charge in [0.2, 0.25) is 5.88 Å². The Morgan fingerprint density at radius 3 is 2.85 bits per heavy atom. The number of anilines is 1. The van der Waals surface area contributed by atoms with Crippen LogP contribution in [0.5, 0.6) is 5.88 Å². The molecule has 1 atom stereocenters. The van der Waals surface area contributed by atoms with E-state index < -0.39 is 0 Å². The third kappa shape index (κ3) is 3.91. The van der Waals surface area contributed by atoms with Gasteiger partial charge in [0, 0.05) is 43.6 Å². The molecule has 0 aliphatic rings. The first kappa shape index (κ1) is 18.1. The number of imidazole rings is 1. The highest BCUT2D eigenvalue weighted by Crippen LogP contribution is 2.34. The molecule has 0 aliphatic carbocycles. The van der Waals surface area contributed by atoms with Crippen molar-refractivity contribution in [2.75, 3.05) is 12.4 Å². The van der Waals surface area contributed by atoms with E-state index in [9.17, 15) is 4.79 Å². The number of carbonyl (C=O) groups excluding carboxylic acids is 1. The Morgan fingerprint density at radius 2 is 2.15 bits per heavy atom. The molecule has 1 aromatic carbocycles. The molecule has 8 heteroatoms. The molecule has 0 fully saturated rings. The maximum Gasteiger partial charge on any atom is 0.262 e. The van der Waals surface area contributed by atoms with Crippen molar-refractivity contribution in [1.82, 2.24) is 19.3 Å². The Hall–Kier alpha value is -2.74. The highest BCUT2D eigenvalue weighted by atomic mass is 32.2. The van der Waals surface area contributed by atoms with Gasteiger partial charge in [-0.05, 0) is 24.6 Å². The second-order valence-corrected chi connectivity index (χ2v) is 7.19. The number of benzene rings is 1. The van der Waals surface area contributed by atoms with Crippen LogP contribution < -0.4 is 10.1 Å². The van der Waals surface area contributed by atoms with Crippen molar-refractivity contribution in [1.29, 1.82) is 0 Å². The maximum atomic E-state index is 12.5. The number of nitrogens with one attached hydrogen (secondary N) is 1. The summed E-state index contributed by atoms with van der Waals surface area (Å²) in [4.78, 5) is 16.9. The smallest absolute Gasteiger partial charge is 0.262 e. The van der Waals surface area contributed by atoms with Crippen LogP contribution >= 0.6 is 11.8 Å². The summed E-state index contributed by atoms with van der Waals surface area (Å²) in [6.07, 6.45) is 5.34. The second-order valence-electron chi connectivity index (χ2n) is 5.89. The van der Waals surface area contributed by atoms with E-state index in [0.29, 0.717) is 11.4 Å². The summed E-state index contributed by atoms with van der Waals surface area (Å²) in [6, 6.07) is 7.81. The molecule has 7 nitrogen and oxygen atoms in total. The minimum Gasteiger partial charge on any atom is -0.479 e. The topological polar surface area (TPSA) is 74.0 Å². The Balaban J connectivity index is 1.74. The van der Waals surface area contributed by atoms with Gasteiger partial charge in [0.15, 0.2) is 5.16 Å². The number of amides is 1. The average Bonchev–Trinajstić information content (AvgIpc) is 3.20. The summed E-state index contributed by atoms with van der Waals surface area (Å²) in [7, 11) is 5.21. The van der Waals surface area contributed by atoms with Gasteiger partial charge in [0.25, 0.3) is 5.91 Å². The molecule has 1 N–H and O–H groups in total. The summed E-state index contributed by atoms with van der Waals surface area (Å²) in [5.74, 6) is 0.0522. The maximum absolute atomic E-state index is 12.5. The monoisotopic (exact) mass is 371 g/mol. The molecular weight excluding hydrogens is 350 g/mol. The highest BCUT2D eigenvalue weighted by molar-refractivity contribution is 7.99. The zero-order valence-corrected chi connectivity index (χ0v) is 15.9. The SMILES string of the molecule is COc1nn(C)cc1C(=O)Nc1cccc(C(C)Sc2nccn2C)c1. The fourth-order valence-electron chi connectivity index (χ4n) is 2.53. The highest BCUT2D eigenvalue weighted by Gasteiger charge is 2.17. The molecule has 26 heavy (non-hydrogen) atoms. The van der Waals surface area contributed by atoms with Crippen LogP contribution in [0.3, 0.4) is 0 Å². The van der Waals surface area contributed by atoms with Gasteiger partial charge in [-0.3, -0.25) is 9.48 Å². The van der Waals surface area contributed by atoms with Crippen LogP contribution in [0.15, 0.2) is 48.0 Å². The Kier molecular flexibility index (Phi) is 5.32. The zero-order chi connectivity index (χ0) is 18.7. The molecule has 2 heterocycles. The number of thioether (sulfide) groups is 1. The summed E-state index contributed by atoms with van der Waals surface area (Å²) in [5.41, 5.74) is 2.23. The predicted octanol–water partition coefficient (Wildman–Crippen LogP) is 3.27. The van der Waals surface area contributed by atoms with Gasteiger partial charge in [0.1, 0.15) is 5.56 Å². The molecule has 0 bridgehead atoms. The first-order chi connectivity index (χ1) is 12.5. The molecule has 2 aromatic heterocycles. The molecule has 0 saturated carbocycles. The average molecular weight is 371 g/mol. The van der Waals surface area contributed by atoms with Gasteiger partial charge >= 0.3 is 0 Å². The van der Waals surface area contributed by atoms with E-state index in [4.69, 9.17) is 4.74 Å². The van der Waals surface area contributed by atoms with Crippen LogP contribution in [0.25, 0.3) is 0 Å². The number of carbonyl (C=O) groups is 1.